The zero-order valence-corrected chi connectivity index (χ0v) is 13.8. The Morgan fingerprint density at radius 1 is 1.27 bits per heavy atom. The maximum Gasteiger partial charge on any atom is 0.317 e. The van der Waals surface area contributed by atoms with E-state index in [1.165, 1.54) is 32.2 Å². The molecular formula is C17H31N3O2. The van der Waals surface area contributed by atoms with Gasteiger partial charge in [0, 0.05) is 37.8 Å². The molecule has 22 heavy (non-hydrogen) atoms. The minimum Gasteiger partial charge on any atom is -0.396 e. The normalized spacial score (nSPS) is 30.7. The van der Waals surface area contributed by atoms with Crippen LogP contribution in [0.25, 0.3) is 0 Å². The SMILES string of the molecule is CC(CCCO)NC(=O)N1CCC2C(CCCN2C2CC2)C1. The molecule has 2 heterocycles. The largest absolute Gasteiger partial charge is 0.396 e. The Bertz CT molecular complexity index is 386. The van der Waals surface area contributed by atoms with E-state index >= 15 is 0 Å². The molecule has 5 nitrogen and oxygen atoms in total. The summed E-state index contributed by atoms with van der Waals surface area (Å²) in [6.07, 6.45) is 8.07. The molecule has 3 aliphatic rings. The van der Waals surface area contributed by atoms with Gasteiger partial charge in [-0.2, -0.15) is 0 Å². The molecule has 3 unspecified atom stereocenters. The van der Waals surface area contributed by atoms with Gasteiger partial charge in [-0.15, -0.1) is 0 Å². The van der Waals surface area contributed by atoms with Crippen LogP contribution in [-0.4, -0.2) is 65.3 Å². The number of piperidine rings is 2. The molecule has 1 aliphatic carbocycles. The average molecular weight is 309 g/mol. The monoisotopic (exact) mass is 309 g/mol. The lowest BCUT2D eigenvalue weighted by Crippen LogP contribution is -2.57. The lowest BCUT2D eigenvalue weighted by Gasteiger charge is -2.47. The van der Waals surface area contributed by atoms with E-state index in [-0.39, 0.29) is 18.7 Å². The Balaban J connectivity index is 1.49. The van der Waals surface area contributed by atoms with Gasteiger partial charge in [-0.25, -0.2) is 4.79 Å². The van der Waals surface area contributed by atoms with Crippen LogP contribution in [0, 0.1) is 5.92 Å². The molecule has 0 aromatic rings. The summed E-state index contributed by atoms with van der Waals surface area (Å²) >= 11 is 0. The van der Waals surface area contributed by atoms with Gasteiger partial charge >= 0.3 is 6.03 Å². The van der Waals surface area contributed by atoms with Crippen LogP contribution in [0.5, 0.6) is 0 Å². The second-order valence-electron chi connectivity index (χ2n) is 7.39. The van der Waals surface area contributed by atoms with Crippen LogP contribution in [0.4, 0.5) is 4.79 Å². The van der Waals surface area contributed by atoms with Crippen molar-refractivity contribution in [3.05, 3.63) is 0 Å². The third-order valence-corrected chi connectivity index (χ3v) is 5.58. The fourth-order valence-corrected chi connectivity index (χ4v) is 4.26. The van der Waals surface area contributed by atoms with Crippen LogP contribution in [-0.2, 0) is 0 Å². The lowest BCUT2D eigenvalue weighted by molar-refractivity contribution is 0.0292. The molecule has 0 radical (unpaired) electrons. The number of aliphatic hydroxyl groups is 1. The molecule has 0 spiro atoms. The number of aliphatic hydroxyl groups excluding tert-OH is 1. The zero-order chi connectivity index (χ0) is 15.5. The average Bonchev–Trinajstić information content (AvgIpc) is 3.36. The maximum atomic E-state index is 12.4. The molecule has 126 valence electrons. The Morgan fingerprint density at radius 2 is 2.09 bits per heavy atom. The molecule has 1 saturated carbocycles. The lowest BCUT2D eigenvalue weighted by atomic mass is 9.84. The molecule has 3 atom stereocenters. The van der Waals surface area contributed by atoms with Gasteiger partial charge in [-0.3, -0.25) is 4.90 Å². The first-order chi connectivity index (χ1) is 10.7. The molecule has 5 heteroatoms. The van der Waals surface area contributed by atoms with Crippen LogP contribution >= 0.6 is 0 Å². The van der Waals surface area contributed by atoms with Gasteiger partial charge in [0.1, 0.15) is 0 Å². The molecule has 2 N–H and O–H groups in total. The highest BCUT2D eigenvalue weighted by Gasteiger charge is 2.42. The molecule has 0 aromatic carbocycles. The number of nitrogens with one attached hydrogen (secondary N) is 1. The highest BCUT2D eigenvalue weighted by Crippen LogP contribution is 2.38. The predicted molar refractivity (Wildman–Crippen MR) is 86.7 cm³/mol. The molecular weight excluding hydrogens is 278 g/mol. The number of carbonyl (C=O) groups is 1. The number of urea groups is 1. The molecule has 2 saturated heterocycles. The van der Waals surface area contributed by atoms with Crippen molar-refractivity contribution in [2.45, 2.75) is 70.0 Å². The molecule has 3 fully saturated rings. The first-order valence-corrected chi connectivity index (χ1v) is 9.11. The smallest absolute Gasteiger partial charge is 0.317 e. The minimum atomic E-state index is 0.0902. The summed E-state index contributed by atoms with van der Waals surface area (Å²) in [5, 5.41) is 12.0. The van der Waals surface area contributed by atoms with Gasteiger partial charge in [-0.05, 0) is 64.3 Å². The number of carbonyl (C=O) groups excluding carboxylic acids is 1. The second kappa shape index (κ2) is 7.18. The summed E-state index contributed by atoms with van der Waals surface area (Å²) in [4.78, 5) is 17.2. The van der Waals surface area contributed by atoms with E-state index < -0.39 is 0 Å². The third-order valence-electron chi connectivity index (χ3n) is 5.58. The summed E-state index contributed by atoms with van der Waals surface area (Å²) in [5.74, 6) is 0.668. The Hall–Kier alpha value is -0.810. The van der Waals surface area contributed by atoms with Gasteiger partial charge in [0.05, 0.1) is 0 Å². The van der Waals surface area contributed by atoms with E-state index in [0.29, 0.717) is 5.92 Å². The first kappa shape index (κ1) is 16.1. The number of amides is 2. The van der Waals surface area contributed by atoms with Crippen molar-refractivity contribution < 1.29 is 9.90 Å². The second-order valence-corrected chi connectivity index (χ2v) is 7.39. The van der Waals surface area contributed by atoms with E-state index in [4.69, 9.17) is 5.11 Å². The van der Waals surface area contributed by atoms with Gasteiger partial charge in [0.15, 0.2) is 0 Å². The van der Waals surface area contributed by atoms with E-state index in [2.05, 4.69) is 10.2 Å². The molecule has 2 aliphatic heterocycles. The van der Waals surface area contributed by atoms with Crippen LogP contribution in [0.3, 0.4) is 0 Å². The molecule has 0 bridgehead atoms. The summed E-state index contributed by atoms with van der Waals surface area (Å²) < 4.78 is 0. The predicted octanol–water partition coefficient (Wildman–Crippen LogP) is 1.81. The molecule has 0 aromatic heterocycles. The number of fused-ring (bicyclic) bond motifs is 1. The van der Waals surface area contributed by atoms with Crippen molar-refractivity contribution in [2.75, 3.05) is 26.2 Å². The topological polar surface area (TPSA) is 55.8 Å². The van der Waals surface area contributed by atoms with Crippen molar-refractivity contribution in [1.82, 2.24) is 15.1 Å². The maximum absolute atomic E-state index is 12.4. The van der Waals surface area contributed by atoms with Gasteiger partial charge in [0.2, 0.25) is 0 Å². The van der Waals surface area contributed by atoms with Crippen molar-refractivity contribution in [3.8, 4) is 0 Å². The fourth-order valence-electron chi connectivity index (χ4n) is 4.26. The van der Waals surface area contributed by atoms with Gasteiger partial charge < -0.3 is 15.3 Å². The van der Waals surface area contributed by atoms with Crippen molar-refractivity contribution in [2.24, 2.45) is 5.92 Å². The zero-order valence-electron chi connectivity index (χ0n) is 13.8. The van der Waals surface area contributed by atoms with Crippen LogP contribution < -0.4 is 5.32 Å². The van der Waals surface area contributed by atoms with E-state index in [1.807, 2.05) is 11.8 Å². The van der Waals surface area contributed by atoms with Gasteiger partial charge in [-0.1, -0.05) is 0 Å². The van der Waals surface area contributed by atoms with Crippen LogP contribution in [0.1, 0.15) is 51.9 Å². The van der Waals surface area contributed by atoms with E-state index in [1.54, 1.807) is 0 Å². The Kier molecular flexibility index (Phi) is 5.24. The number of nitrogens with zero attached hydrogens (tertiary/aromatic N) is 2. The van der Waals surface area contributed by atoms with Gasteiger partial charge in [0.25, 0.3) is 0 Å². The van der Waals surface area contributed by atoms with Crippen LogP contribution in [0.15, 0.2) is 0 Å². The quantitative estimate of drug-likeness (QED) is 0.814. The number of hydrogen-bond acceptors (Lipinski definition) is 3. The standard InChI is InChI=1S/C17H31N3O2/c1-13(4-3-11-21)18-17(22)19-10-8-16-14(12-19)5-2-9-20(16)15-6-7-15/h13-16,21H,2-12H2,1H3,(H,18,22). The van der Waals surface area contributed by atoms with Crippen molar-refractivity contribution in [1.29, 1.82) is 0 Å². The minimum absolute atomic E-state index is 0.0902. The summed E-state index contributed by atoms with van der Waals surface area (Å²) in [7, 11) is 0. The summed E-state index contributed by atoms with van der Waals surface area (Å²) in [5.41, 5.74) is 0. The Labute approximate surface area is 134 Å². The van der Waals surface area contributed by atoms with E-state index in [9.17, 15) is 4.79 Å². The highest BCUT2D eigenvalue weighted by atomic mass is 16.3. The molecule has 2 amide bonds. The van der Waals surface area contributed by atoms with Crippen molar-refractivity contribution in [3.63, 3.8) is 0 Å². The van der Waals surface area contributed by atoms with Crippen LogP contribution in [0.2, 0.25) is 0 Å². The highest BCUT2D eigenvalue weighted by molar-refractivity contribution is 5.74. The number of likely N-dealkylation sites (tertiary alicyclic amines) is 2. The molecule has 3 rings (SSSR count). The fraction of sp³-hybridized carbons (Fsp3) is 0.941. The van der Waals surface area contributed by atoms with Crippen molar-refractivity contribution >= 4 is 6.03 Å². The summed E-state index contributed by atoms with van der Waals surface area (Å²) in [6.45, 7) is 5.31. The number of rotatable bonds is 5. The van der Waals surface area contributed by atoms with E-state index in [0.717, 1.165) is 44.4 Å². The Morgan fingerprint density at radius 3 is 2.82 bits per heavy atom. The summed E-state index contributed by atoms with van der Waals surface area (Å²) in [6, 6.07) is 1.81. The third kappa shape index (κ3) is 3.74. The first-order valence-electron chi connectivity index (χ1n) is 9.11. The number of hydrogen-bond donors (Lipinski definition) is 2.